The van der Waals surface area contributed by atoms with Gasteiger partial charge < -0.3 is 0 Å². The fourth-order valence-corrected chi connectivity index (χ4v) is 7.22. The van der Waals surface area contributed by atoms with E-state index in [1.54, 1.807) is 0 Å². The van der Waals surface area contributed by atoms with Crippen LogP contribution in [-0.4, -0.2) is 23.0 Å². The Morgan fingerprint density at radius 2 is 1.10 bits per heavy atom. The Hall–Kier alpha value is -0.680. The molecule has 2 aromatic carbocycles. The molecule has 0 aliphatic carbocycles. The second kappa shape index (κ2) is 14.3. The van der Waals surface area contributed by atoms with Crippen LogP contribution in [0.25, 0.3) is 11.1 Å². The standard InChI is InChI=1S/C25H32S4/c1-5-26-24(27-6-2)18-21(19-25(28-7-3)29-8-4)23-17-13-12-16-22(23)20-14-10-9-11-15-20/h9-19,21H,5-8H2,1-4H3. The third kappa shape index (κ3) is 8.16. The molecule has 2 aromatic rings. The van der Waals surface area contributed by atoms with Gasteiger partial charge in [0, 0.05) is 14.4 Å². The van der Waals surface area contributed by atoms with Crippen LogP contribution in [-0.2, 0) is 0 Å². The van der Waals surface area contributed by atoms with Gasteiger partial charge in [0.25, 0.3) is 0 Å². The Balaban J connectivity index is 2.58. The third-order valence-corrected chi connectivity index (χ3v) is 8.43. The topological polar surface area (TPSA) is 0 Å². The first-order valence-electron chi connectivity index (χ1n) is 10.3. The van der Waals surface area contributed by atoms with Crippen molar-refractivity contribution in [1.29, 1.82) is 0 Å². The van der Waals surface area contributed by atoms with Crippen molar-refractivity contribution in [2.75, 3.05) is 23.0 Å². The molecule has 0 saturated carbocycles. The van der Waals surface area contributed by atoms with Crippen LogP contribution in [0.5, 0.6) is 0 Å². The SMILES string of the molecule is CCSC(=CC(C=C(SCC)SCC)c1ccccc1-c1ccccc1)SCC. The predicted molar refractivity (Wildman–Crippen MR) is 143 cm³/mol. The molecule has 0 aromatic heterocycles. The molecule has 0 bridgehead atoms. The maximum absolute atomic E-state index is 2.48. The van der Waals surface area contributed by atoms with Gasteiger partial charge in [0.2, 0.25) is 0 Å². The summed E-state index contributed by atoms with van der Waals surface area (Å²) >= 11 is 7.84. The van der Waals surface area contributed by atoms with Crippen LogP contribution in [0.3, 0.4) is 0 Å². The van der Waals surface area contributed by atoms with Gasteiger partial charge in [-0.3, -0.25) is 0 Å². The van der Waals surface area contributed by atoms with Crippen LogP contribution < -0.4 is 0 Å². The number of benzene rings is 2. The van der Waals surface area contributed by atoms with E-state index in [4.69, 9.17) is 0 Å². The van der Waals surface area contributed by atoms with Crippen molar-refractivity contribution in [1.82, 2.24) is 0 Å². The Labute approximate surface area is 194 Å². The minimum atomic E-state index is 0.271. The normalized spacial score (nSPS) is 10.8. The van der Waals surface area contributed by atoms with E-state index in [-0.39, 0.29) is 5.92 Å². The van der Waals surface area contributed by atoms with Gasteiger partial charge in [-0.05, 0) is 39.7 Å². The molecule has 0 aliphatic rings. The van der Waals surface area contributed by atoms with Gasteiger partial charge >= 0.3 is 0 Å². The number of rotatable bonds is 12. The summed E-state index contributed by atoms with van der Waals surface area (Å²) in [7, 11) is 0. The highest BCUT2D eigenvalue weighted by molar-refractivity contribution is 8.22. The van der Waals surface area contributed by atoms with Gasteiger partial charge in [0.15, 0.2) is 0 Å². The van der Waals surface area contributed by atoms with Gasteiger partial charge in [-0.2, -0.15) is 0 Å². The minimum Gasteiger partial charge on any atom is -0.120 e. The van der Waals surface area contributed by atoms with Gasteiger partial charge in [0.1, 0.15) is 0 Å². The van der Waals surface area contributed by atoms with Gasteiger partial charge in [-0.15, -0.1) is 47.0 Å². The molecule has 0 N–H and O–H groups in total. The molecule has 156 valence electrons. The number of hydrogen-bond acceptors (Lipinski definition) is 4. The highest BCUT2D eigenvalue weighted by Crippen LogP contribution is 2.39. The lowest BCUT2D eigenvalue weighted by Crippen LogP contribution is -1.97. The van der Waals surface area contributed by atoms with Crippen molar-refractivity contribution in [3.63, 3.8) is 0 Å². The summed E-state index contributed by atoms with van der Waals surface area (Å²) in [5.74, 6) is 4.70. The Morgan fingerprint density at radius 1 is 0.655 bits per heavy atom. The highest BCUT2D eigenvalue weighted by Gasteiger charge is 2.15. The molecule has 0 unspecified atom stereocenters. The van der Waals surface area contributed by atoms with E-state index in [1.807, 2.05) is 47.0 Å². The average molecular weight is 461 g/mol. The van der Waals surface area contributed by atoms with Crippen LogP contribution in [0.15, 0.2) is 75.2 Å². The fourth-order valence-electron chi connectivity index (χ4n) is 3.03. The molecule has 0 radical (unpaired) electrons. The molecule has 4 heteroatoms. The summed E-state index contributed by atoms with van der Waals surface area (Å²) in [6.07, 6.45) is 4.97. The Morgan fingerprint density at radius 3 is 1.59 bits per heavy atom. The first-order valence-corrected chi connectivity index (χ1v) is 14.3. The van der Waals surface area contributed by atoms with Gasteiger partial charge in [0.05, 0.1) is 0 Å². The Kier molecular flexibility index (Phi) is 12.2. The van der Waals surface area contributed by atoms with E-state index in [9.17, 15) is 0 Å². The van der Waals surface area contributed by atoms with Crippen molar-refractivity contribution in [3.8, 4) is 11.1 Å². The molecule has 29 heavy (non-hydrogen) atoms. The molecule has 0 fully saturated rings. The largest absolute Gasteiger partial charge is 0.120 e. The molecule has 0 amide bonds. The maximum Gasteiger partial charge on any atom is 0.0369 e. The summed E-state index contributed by atoms with van der Waals surface area (Å²) in [5, 5.41) is 0. The third-order valence-electron chi connectivity index (χ3n) is 4.18. The summed E-state index contributed by atoms with van der Waals surface area (Å²) in [6, 6.07) is 19.7. The van der Waals surface area contributed by atoms with E-state index in [1.165, 1.54) is 25.2 Å². The minimum absolute atomic E-state index is 0.271. The van der Waals surface area contributed by atoms with Crippen LogP contribution in [0.1, 0.15) is 39.2 Å². The molecule has 0 spiro atoms. The first kappa shape index (κ1) is 24.6. The van der Waals surface area contributed by atoms with Crippen molar-refractivity contribution in [3.05, 3.63) is 80.8 Å². The number of hydrogen-bond donors (Lipinski definition) is 0. The molecule has 2 rings (SSSR count). The van der Waals surface area contributed by atoms with Crippen LogP contribution >= 0.6 is 47.0 Å². The second-order valence-corrected chi connectivity index (χ2v) is 11.9. The zero-order chi connectivity index (χ0) is 20.9. The summed E-state index contributed by atoms with van der Waals surface area (Å²) in [5.41, 5.74) is 4.00. The van der Waals surface area contributed by atoms with Crippen molar-refractivity contribution in [2.45, 2.75) is 33.6 Å². The monoisotopic (exact) mass is 460 g/mol. The molecule has 0 aliphatic heterocycles. The van der Waals surface area contributed by atoms with Crippen LogP contribution in [0.4, 0.5) is 0 Å². The van der Waals surface area contributed by atoms with Crippen molar-refractivity contribution < 1.29 is 0 Å². The summed E-state index contributed by atoms with van der Waals surface area (Å²) in [4.78, 5) is 0. The second-order valence-electron chi connectivity index (χ2n) is 6.18. The van der Waals surface area contributed by atoms with E-state index in [2.05, 4.69) is 94.4 Å². The van der Waals surface area contributed by atoms with Crippen molar-refractivity contribution >= 4 is 47.0 Å². The van der Waals surface area contributed by atoms with E-state index >= 15 is 0 Å². The van der Waals surface area contributed by atoms with Crippen LogP contribution in [0.2, 0.25) is 0 Å². The zero-order valence-electron chi connectivity index (χ0n) is 17.9. The molecule has 0 heterocycles. The average Bonchev–Trinajstić information content (AvgIpc) is 2.74. The smallest absolute Gasteiger partial charge is 0.0369 e. The van der Waals surface area contributed by atoms with E-state index in [0.717, 1.165) is 23.0 Å². The maximum atomic E-state index is 2.48. The van der Waals surface area contributed by atoms with E-state index < -0.39 is 0 Å². The molecule has 0 nitrogen and oxygen atoms in total. The van der Waals surface area contributed by atoms with Gasteiger partial charge in [-0.1, -0.05) is 94.4 Å². The highest BCUT2D eigenvalue weighted by atomic mass is 32.2. The van der Waals surface area contributed by atoms with Crippen molar-refractivity contribution in [2.24, 2.45) is 0 Å². The Bertz CT molecular complexity index is 738. The molecular formula is C25H32S4. The molecule has 0 atom stereocenters. The first-order chi connectivity index (χ1) is 14.2. The lowest BCUT2D eigenvalue weighted by molar-refractivity contribution is 1.09. The van der Waals surface area contributed by atoms with Crippen LogP contribution in [0, 0.1) is 0 Å². The quantitative estimate of drug-likeness (QED) is 0.309. The predicted octanol–water partition coefficient (Wildman–Crippen LogP) is 9.13. The number of allylic oxidation sites excluding steroid dienone is 2. The molecular weight excluding hydrogens is 429 g/mol. The summed E-state index contributed by atoms with van der Waals surface area (Å²) < 4.78 is 2.86. The molecule has 0 saturated heterocycles. The number of thioether (sulfide) groups is 4. The summed E-state index contributed by atoms with van der Waals surface area (Å²) in [6.45, 7) is 8.96. The lowest BCUT2D eigenvalue weighted by atomic mass is 9.90. The fraction of sp³-hybridized carbons (Fsp3) is 0.360. The zero-order valence-corrected chi connectivity index (χ0v) is 21.2. The van der Waals surface area contributed by atoms with E-state index in [0.29, 0.717) is 0 Å². The van der Waals surface area contributed by atoms with Gasteiger partial charge in [-0.25, -0.2) is 0 Å². The lowest BCUT2D eigenvalue weighted by Gasteiger charge is -2.18.